The third kappa shape index (κ3) is 8.27. The van der Waals surface area contributed by atoms with Crippen molar-refractivity contribution in [1.82, 2.24) is 5.32 Å². The largest absolute Gasteiger partial charge is 0.611 e. The maximum Gasteiger partial charge on any atom is 0.471 e. The molecule has 0 aliphatic carbocycles. The van der Waals surface area contributed by atoms with Crippen molar-refractivity contribution in [2.75, 3.05) is 12.3 Å². The molecule has 7 heteroatoms. The summed E-state index contributed by atoms with van der Waals surface area (Å²) in [5.74, 6) is -0.909. The lowest BCUT2D eigenvalue weighted by Crippen LogP contribution is -2.36. The van der Waals surface area contributed by atoms with Crippen LogP contribution in [0, 0.1) is 5.92 Å². The molecule has 0 fully saturated rings. The van der Waals surface area contributed by atoms with E-state index in [1.807, 2.05) is 0 Å². The zero-order valence-electron chi connectivity index (χ0n) is 15.1. The van der Waals surface area contributed by atoms with E-state index in [-0.39, 0.29) is 6.54 Å². The first-order valence-corrected chi connectivity index (χ1v) is 10.1. The summed E-state index contributed by atoms with van der Waals surface area (Å²) in [6.45, 7) is 4.02. The van der Waals surface area contributed by atoms with Crippen LogP contribution in [0.3, 0.4) is 0 Å². The first-order chi connectivity index (χ1) is 12.3. The summed E-state index contributed by atoms with van der Waals surface area (Å²) in [5, 5.41) is 1.77. The van der Waals surface area contributed by atoms with Crippen LogP contribution in [0.15, 0.2) is 35.2 Å². The molecule has 1 N–H and O–H groups in total. The number of nitrogens with one attached hydrogen (secondary N) is 1. The van der Waals surface area contributed by atoms with E-state index in [4.69, 9.17) is 0 Å². The molecule has 0 aliphatic rings. The van der Waals surface area contributed by atoms with E-state index < -0.39 is 23.3 Å². The molecule has 1 atom stereocenters. The third-order valence-electron chi connectivity index (χ3n) is 3.85. The van der Waals surface area contributed by atoms with Gasteiger partial charge >= 0.3 is 12.1 Å². The van der Waals surface area contributed by atoms with Gasteiger partial charge < -0.3 is 9.87 Å². The molecule has 1 unspecified atom stereocenters. The first-order valence-electron chi connectivity index (χ1n) is 8.77. The number of benzene rings is 1. The van der Waals surface area contributed by atoms with Gasteiger partial charge in [-0.05, 0) is 35.6 Å². The normalized spacial score (nSPS) is 13.3. The van der Waals surface area contributed by atoms with Gasteiger partial charge in [-0.3, -0.25) is 4.79 Å². The Morgan fingerprint density at radius 3 is 2.50 bits per heavy atom. The number of hydrogen-bond acceptors (Lipinski definition) is 2. The Morgan fingerprint density at radius 1 is 1.27 bits per heavy atom. The van der Waals surface area contributed by atoms with Crippen LogP contribution in [0.2, 0.25) is 0 Å². The van der Waals surface area contributed by atoms with Crippen molar-refractivity contribution in [3.05, 3.63) is 35.9 Å². The molecular formula is C19H26F3NO2S. The predicted molar refractivity (Wildman–Crippen MR) is 99.1 cm³/mol. The van der Waals surface area contributed by atoms with Crippen molar-refractivity contribution in [2.24, 2.45) is 5.92 Å². The van der Waals surface area contributed by atoms with Gasteiger partial charge in [0.1, 0.15) is 5.75 Å². The van der Waals surface area contributed by atoms with E-state index in [1.54, 1.807) is 35.7 Å². The van der Waals surface area contributed by atoms with Crippen LogP contribution in [-0.2, 0) is 16.0 Å². The Balaban J connectivity index is 2.63. The molecule has 0 spiro atoms. The van der Waals surface area contributed by atoms with Crippen LogP contribution in [0.5, 0.6) is 0 Å². The average molecular weight is 389 g/mol. The fourth-order valence-corrected chi connectivity index (χ4v) is 4.10. The first kappa shape index (κ1) is 22.6. The van der Waals surface area contributed by atoms with Gasteiger partial charge in [0.15, 0.2) is 4.90 Å². The Kier molecular flexibility index (Phi) is 9.80. The van der Waals surface area contributed by atoms with Crippen LogP contribution >= 0.6 is 0 Å². The van der Waals surface area contributed by atoms with E-state index in [0.717, 1.165) is 31.2 Å². The second-order valence-electron chi connectivity index (χ2n) is 6.14. The standard InChI is InChI=1S/C19H26F3NO2S/c1-3-7-16(8-4-2)14-26(25)17-11-5-9-15(13-17)10-6-12-23-18(24)19(20,21)22/h5-6,9-11,13,16H,3-4,7-8,12,14H2,1-2H3,(H,23,24)/b10-6+. The van der Waals surface area contributed by atoms with Crippen molar-refractivity contribution in [1.29, 1.82) is 0 Å². The maximum atomic E-state index is 12.6. The molecule has 3 nitrogen and oxygen atoms in total. The molecule has 0 aliphatic heterocycles. The Bertz CT molecular complexity index is 584. The van der Waals surface area contributed by atoms with Gasteiger partial charge in [0.25, 0.3) is 0 Å². The molecule has 1 rings (SSSR count). The molecule has 146 valence electrons. The lowest BCUT2D eigenvalue weighted by molar-refractivity contribution is -0.173. The van der Waals surface area contributed by atoms with Crippen molar-refractivity contribution in [3.8, 4) is 0 Å². The van der Waals surface area contributed by atoms with Crippen LogP contribution in [-0.4, -0.2) is 28.9 Å². The minimum Gasteiger partial charge on any atom is -0.611 e. The number of carbonyl (C=O) groups excluding carboxylic acids is 1. The number of hydrogen-bond donors (Lipinski definition) is 1. The summed E-state index contributed by atoms with van der Waals surface area (Å²) in [5.41, 5.74) is 0.736. The molecule has 1 amide bonds. The summed E-state index contributed by atoms with van der Waals surface area (Å²) in [4.78, 5) is 11.4. The molecular weight excluding hydrogens is 363 g/mol. The second kappa shape index (κ2) is 11.3. The van der Waals surface area contributed by atoms with E-state index in [2.05, 4.69) is 13.8 Å². The van der Waals surface area contributed by atoms with Crippen LogP contribution < -0.4 is 5.32 Å². The molecule has 0 heterocycles. The van der Waals surface area contributed by atoms with Crippen LogP contribution in [0.25, 0.3) is 6.08 Å². The summed E-state index contributed by atoms with van der Waals surface area (Å²) in [6, 6.07) is 7.12. The van der Waals surface area contributed by atoms with Gasteiger partial charge in [-0.1, -0.05) is 51.0 Å². The van der Waals surface area contributed by atoms with Crippen molar-refractivity contribution >= 4 is 23.2 Å². The Morgan fingerprint density at radius 2 is 1.92 bits per heavy atom. The monoisotopic (exact) mass is 389 g/mol. The number of carbonyl (C=O) groups is 1. The molecule has 0 saturated heterocycles. The number of amides is 1. The average Bonchev–Trinajstić information content (AvgIpc) is 2.58. The molecule has 1 aromatic rings. The maximum absolute atomic E-state index is 12.6. The van der Waals surface area contributed by atoms with Gasteiger partial charge in [0.2, 0.25) is 0 Å². The highest BCUT2D eigenvalue weighted by molar-refractivity contribution is 7.91. The Labute approximate surface area is 156 Å². The zero-order valence-corrected chi connectivity index (χ0v) is 16.0. The van der Waals surface area contributed by atoms with E-state index >= 15 is 0 Å². The SMILES string of the molecule is CCCC(CCC)C[S+]([O-])c1cccc(/C=C/CNC(=O)C(F)(F)F)c1. The van der Waals surface area contributed by atoms with Crippen molar-refractivity contribution < 1.29 is 22.5 Å². The smallest absolute Gasteiger partial charge is 0.471 e. The molecule has 0 radical (unpaired) electrons. The highest BCUT2D eigenvalue weighted by atomic mass is 32.2. The fraction of sp³-hybridized carbons (Fsp3) is 0.526. The summed E-state index contributed by atoms with van der Waals surface area (Å²) in [6.07, 6.45) is 2.40. The van der Waals surface area contributed by atoms with Gasteiger partial charge in [0, 0.05) is 18.5 Å². The van der Waals surface area contributed by atoms with Gasteiger partial charge in [0.05, 0.1) is 0 Å². The predicted octanol–water partition coefficient (Wildman–Crippen LogP) is 4.70. The fourth-order valence-electron chi connectivity index (χ4n) is 2.64. The molecule has 26 heavy (non-hydrogen) atoms. The van der Waals surface area contributed by atoms with E-state index in [0.29, 0.717) is 16.6 Å². The van der Waals surface area contributed by atoms with Gasteiger partial charge in [-0.2, -0.15) is 13.2 Å². The van der Waals surface area contributed by atoms with Crippen molar-refractivity contribution in [3.63, 3.8) is 0 Å². The lowest BCUT2D eigenvalue weighted by Gasteiger charge is -2.18. The quantitative estimate of drug-likeness (QED) is 0.590. The highest BCUT2D eigenvalue weighted by Gasteiger charge is 2.37. The third-order valence-corrected chi connectivity index (χ3v) is 5.40. The molecule has 1 aromatic carbocycles. The molecule has 0 bridgehead atoms. The minimum atomic E-state index is -4.88. The van der Waals surface area contributed by atoms with Crippen LogP contribution in [0.1, 0.15) is 45.1 Å². The highest BCUT2D eigenvalue weighted by Crippen LogP contribution is 2.22. The zero-order chi connectivity index (χ0) is 19.6. The van der Waals surface area contributed by atoms with E-state index in [9.17, 15) is 22.5 Å². The van der Waals surface area contributed by atoms with Crippen LogP contribution in [0.4, 0.5) is 13.2 Å². The lowest BCUT2D eigenvalue weighted by atomic mass is 10.0. The van der Waals surface area contributed by atoms with Crippen molar-refractivity contribution in [2.45, 2.75) is 50.6 Å². The van der Waals surface area contributed by atoms with Gasteiger partial charge in [-0.25, -0.2) is 0 Å². The molecule has 0 aromatic heterocycles. The second-order valence-corrected chi connectivity index (χ2v) is 7.63. The minimum absolute atomic E-state index is 0.221. The topological polar surface area (TPSA) is 52.2 Å². The molecule has 0 saturated carbocycles. The van der Waals surface area contributed by atoms with E-state index in [1.165, 1.54) is 6.08 Å². The summed E-state index contributed by atoms with van der Waals surface area (Å²) in [7, 11) is 0. The summed E-state index contributed by atoms with van der Waals surface area (Å²) < 4.78 is 48.8. The van der Waals surface area contributed by atoms with Gasteiger partial charge in [-0.15, -0.1) is 0 Å². The number of halogens is 3. The number of alkyl halides is 3. The number of rotatable bonds is 10. The Hall–Kier alpha value is -1.47. The summed E-state index contributed by atoms with van der Waals surface area (Å²) >= 11 is -1.11.